The average Bonchev–Trinajstić information content (AvgIpc) is 2.31. The van der Waals surface area contributed by atoms with Crippen LogP contribution in [0.2, 0.25) is 0 Å². The van der Waals surface area contributed by atoms with Gasteiger partial charge in [-0.15, -0.1) is 0 Å². The van der Waals surface area contributed by atoms with Gasteiger partial charge in [-0.05, 0) is 0 Å². The van der Waals surface area contributed by atoms with Crippen LogP contribution in [-0.2, 0) is 14.3 Å². The first kappa shape index (κ1) is 16.7. The maximum absolute atomic E-state index is 13.1. The van der Waals surface area contributed by atoms with Crippen molar-refractivity contribution < 1.29 is 43.3 Å². The minimum absolute atomic E-state index is 0.152. The lowest BCUT2D eigenvalue weighted by atomic mass is 10.3. The van der Waals surface area contributed by atoms with Crippen LogP contribution in [0.25, 0.3) is 0 Å². The Labute approximate surface area is 108 Å². The minimum Gasteiger partial charge on any atom is -0.260 e. The molecule has 0 fully saturated rings. The first-order chi connectivity index (χ1) is 8.97. The van der Waals surface area contributed by atoms with Crippen molar-refractivity contribution in [1.82, 2.24) is 0 Å². The molecule has 20 heavy (non-hydrogen) atoms. The highest BCUT2D eigenvalue weighted by Crippen LogP contribution is 2.26. The average molecular weight is 326 g/mol. The van der Waals surface area contributed by atoms with E-state index >= 15 is 0 Å². The Hall–Kier alpha value is -1.36. The van der Waals surface area contributed by atoms with Crippen LogP contribution in [0.1, 0.15) is 0 Å². The van der Waals surface area contributed by atoms with E-state index in [-0.39, 0.29) is 12.1 Å². The zero-order chi connectivity index (χ0) is 15.7. The Morgan fingerprint density at radius 1 is 1.05 bits per heavy atom. The first-order valence-corrected chi connectivity index (χ1v) is 6.08. The fourth-order valence-electron chi connectivity index (χ4n) is 0.979. The van der Waals surface area contributed by atoms with Gasteiger partial charge in [0.05, 0.1) is 0 Å². The summed E-state index contributed by atoms with van der Waals surface area (Å²) in [5.74, 6) is -10.1. The van der Waals surface area contributed by atoms with E-state index in [1.807, 2.05) is 0 Å². The largest absolute Gasteiger partial charge is 0.331 e. The summed E-state index contributed by atoms with van der Waals surface area (Å²) in [5, 5.41) is 0. The van der Waals surface area contributed by atoms with Crippen LogP contribution < -0.4 is 0 Å². The van der Waals surface area contributed by atoms with Crippen molar-refractivity contribution in [3.8, 4) is 0 Å². The number of hydrogen-bond donors (Lipinski definition) is 0. The Morgan fingerprint density at radius 3 is 2.05 bits per heavy atom. The number of alkyl halides is 4. The SMILES string of the molecule is O=S(=O)(OCC(F)(F)C(F)F)c1cc(F)c(F)cc1F. The number of rotatable bonds is 5. The fraction of sp³-hybridized carbons (Fsp3) is 0.333. The van der Waals surface area contributed by atoms with Crippen molar-refractivity contribution in [3.63, 3.8) is 0 Å². The quantitative estimate of drug-likeness (QED) is 0.475. The molecule has 1 aromatic rings. The van der Waals surface area contributed by atoms with Crippen molar-refractivity contribution in [3.05, 3.63) is 29.6 Å². The normalized spacial score (nSPS) is 13.0. The molecule has 0 bridgehead atoms. The fourth-order valence-corrected chi connectivity index (χ4v) is 1.96. The van der Waals surface area contributed by atoms with E-state index in [0.29, 0.717) is 0 Å². The molecule has 3 nitrogen and oxygen atoms in total. The van der Waals surface area contributed by atoms with E-state index in [9.17, 15) is 39.2 Å². The van der Waals surface area contributed by atoms with E-state index in [1.165, 1.54) is 0 Å². The lowest BCUT2D eigenvalue weighted by Gasteiger charge is -2.15. The molecule has 0 aromatic heterocycles. The van der Waals surface area contributed by atoms with Gasteiger partial charge in [-0.1, -0.05) is 0 Å². The molecule has 0 amide bonds. The standard InChI is InChI=1S/C9H5F7O3S/c10-4-1-6(12)7(2-5(4)11)20(17,18)19-3-9(15,16)8(13)14/h1-2,8H,3H2. The second-order valence-electron chi connectivity index (χ2n) is 3.47. The van der Waals surface area contributed by atoms with Gasteiger partial charge in [-0.25, -0.2) is 22.0 Å². The van der Waals surface area contributed by atoms with Gasteiger partial charge in [0.25, 0.3) is 10.1 Å². The summed E-state index contributed by atoms with van der Waals surface area (Å²) in [6.45, 7) is -2.27. The molecule has 1 rings (SSSR count). The second kappa shape index (κ2) is 5.56. The minimum atomic E-state index is -5.29. The smallest absolute Gasteiger partial charge is 0.260 e. The molecule has 0 aliphatic rings. The third-order valence-corrected chi connectivity index (χ3v) is 3.25. The second-order valence-corrected chi connectivity index (χ2v) is 5.06. The molecule has 0 N–H and O–H groups in total. The summed E-state index contributed by atoms with van der Waals surface area (Å²) in [4.78, 5) is -1.58. The third kappa shape index (κ3) is 3.60. The van der Waals surface area contributed by atoms with Crippen molar-refractivity contribution in [2.75, 3.05) is 6.61 Å². The van der Waals surface area contributed by atoms with Gasteiger partial charge < -0.3 is 0 Å². The van der Waals surface area contributed by atoms with Crippen molar-refractivity contribution in [2.24, 2.45) is 0 Å². The molecule has 0 heterocycles. The van der Waals surface area contributed by atoms with Gasteiger partial charge in [0, 0.05) is 12.1 Å². The van der Waals surface area contributed by atoms with Gasteiger partial charge in [0.15, 0.2) is 11.6 Å². The molecule has 0 aliphatic heterocycles. The van der Waals surface area contributed by atoms with Crippen LogP contribution >= 0.6 is 0 Å². The summed E-state index contributed by atoms with van der Waals surface area (Å²) in [7, 11) is -5.29. The summed E-state index contributed by atoms with van der Waals surface area (Å²) in [6.07, 6.45) is -4.22. The number of hydrogen-bond acceptors (Lipinski definition) is 3. The maximum atomic E-state index is 13.1. The molecule has 0 atom stereocenters. The molecule has 0 saturated carbocycles. The zero-order valence-corrected chi connectivity index (χ0v) is 10.0. The molecule has 0 saturated heterocycles. The molecule has 0 radical (unpaired) electrons. The molecule has 114 valence electrons. The highest BCUT2D eigenvalue weighted by atomic mass is 32.2. The van der Waals surface area contributed by atoms with E-state index < -0.39 is 51.4 Å². The number of benzene rings is 1. The van der Waals surface area contributed by atoms with Crippen molar-refractivity contribution >= 4 is 10.1 Å². The van der Waals surface area contributed by atoms with Gasteiger partial charge in [-0.3, -0.25) is 4.18 Å². The summed E-state index contributed by atoms with van der Waals surface area (Å²) in [6, 6.07) is -0.308. The van der Waals surface area contributed by atoms with E-state index in [0.717, 1.165) is 0 Å². The lowest BCUT2D eigenvalue weighted by Crippen LogP contribution is -2.33. The van der Waals surface area contributed by atoms with Gasteiger partial charge >= 0.3 is 12.3 Å². The Bertz CT molecular complexity index is 600. The summed E-state index contributed by atoms with van der Waals surface area (Å²) in [5.41, 5.74) is 0. The Balaban J connectivity index is 3.04. The summed E-state index contributed by atoms with van der Waals surface area (Å²) < 4.78 is 113. The highest BCUT2D eigenvalue weighted by Gasteiger charge is 2.43. The predicted molar refractivity (Wildman–Crippen MR) is 50.4 cm³/mol. The monoisotopic (exact) mass is 326 g/mol. The molecule has 1 aromatic carbocycles. The number of halogens is 7. The molecule has 11 heteroatoms. The third-order valence-electron chi connectivity index (χ3n) is 1.97. The van der Waals surface area contributed by atoms with E-state index in [2.05, 4.69) is 4.18 Å². The van der Waals surface area contributed by atoms with Crippen molar-refractivity contribution in [2.45, 2.75) is 17.2 Å². The summed E-state index contributed by atoms with van der Waals surface area (Å²) >= 11 is 0. The molecular formula is C9H5F7O3S. The van der Waals surface area contributed by atoms with Crippen LogP contribution in [0.4, 0.5) is 30.7 Å². The zero-order valence-electron chi connectivity index (χ0n) is 9.22. The van der Waals surface area contributed by atoms with Crippen LogP contribution in [0.3, 0.4) is 0 Å². The van der Waals surface area contributed by atoms with E-state index in [4.69, 9.17) is 0 Å². The Morgan fingerprint density at radius 2 is 1.55 bits per heavy atom. The topological polar surface area (TPSA) is 43.4 Å². The highest BCUT2D eigenvalue weighted by molar-refractivity contribution is 7.86. The first-order valence-electron chi connectivity index (χ1n) is 4.67. The Kier molecular flexibility index (Phi) is 4.64. The van der Waals surface area contributed by atoms with Crippen LogP contribution in [0.15, 0.2) is 17.0 Å². The molecule has 0 spiro atoms. The molecule has 0 unspecified atom stereocenters. The maximum Gasteiger partial charge on any atom is 0.331 e. The van der Waals surface area contributed by atoms with Crippen LogP contribution in [-0.4, -0.2) is 27.4 Å². The lowest BCUT2D eigenvalue weighted by molar-refractivity contribution is -0.147. The van der Waals surface area contributed by atoms with Gasteiger partial charge in [0.1, 0.15) is 17.3 Å². The predicted octanol–water partition coefficient (Wildman–Crippen LogP) is 2.71. The van der Waals surface area contributed by atoms with E-state index in [1.54, 1.807) is 0 Å². The van der Waals surface area contributed by atoms with Crippen molar-refractivity contribution in [1.29, 1.82) is 0 Å². The van der Waals surface area contributed by atoms with Crippen LogP contribution in [0.5, 0.6) is 0 Å². The van der Waals surface area contributed by atoms with Gasteiger partial charge in [0.2, 0.25) is 0 Å². The van der Waals surface area contributed by atoms with Crippen LogP contribution in [0, 0.1) is 17.5 Å². The molecular weight excluding hydrogens is 321 g/mol. The van der Waals surface area contributed by atoms with Gasteiger partial charge in [-0.2, -0.15) is 17.2 Å². The molecule has 0 aliphatic carbocycles.